The van der Waals surface area contributed by atoms with Gasteiger partial charge in [-0.25, -0.2) is 5.53 Å². The molecule has 0 amide bonds. The van der Waals surface area contributed by atoms with Crippen LogP contribution in [-0.2, 0) is 0 Å². The number of aromatic nitrogens is 1. The van der Waals surface area contributed by atoms with E-state index in [2.05, 4.69) is 25.7 Å². The highest BCUT2D eigenvalue weighted by atomic mass is 32.2. The fourth-order valence-electron chi connectivity index (χ4n) is 4.06. The summed E-state index contributed by atoms with van der Waals surface area (Å²) in [5.41, 5.74) is 9.83. The van der Waals surface area contributed by atoms with Crippen molar-refractivity contribution in [2.24, 2.45) is 21.9 Å². The molecule has 130 valence electrons. The standard InChI is InChI=1S/C17H26N6S/c18-23-15(16-14-5-6-19-17(14)22-10-21-16)12-3-1-11(2-4-12)7-20-13-8-24-9-13/h5-6,11-13,15,18-20,22H,1-4,7-10H2. The first-order valence-corrected chi connectivity index (χ1v) is 10.1. The van der Waals surface area contributed by atoms with Crippen LogP contribution in [0.4, 0.5) is 5.82 Å². The molecule has 24 heavy (non-hydrogen) atoms. The fraction of sp³-hybridized carbons (Fsp3) is 0.706. The number of rotatable bonds is 6. The number of fused-ring (bicyclic) bond motifs is 1. The van der Waals surface area contributed by atoms with Gasteiger partial charge >= 0.3 is 0 Å². The second-order valence-corrected chi connectivity index (χ2v) is 8.22. The van der Waals surface area contributed by atoms with Crippen molar-refractivity contribution in [3.05, 3.63) is 17.8 Å². The van der Waals surface area contributed by atoms with Gasteiger partial charge in [-0.05, 0) is 50.1 Å². The van der Waals surface area contributed by atoms with Crippen molar-refractivity contribution in [1.82, 2.24) is 10.3 Å². The van der Waals surface area contributed by atoms with Crippen molar-refractivity contribution < 1.29 is 0 Å². The molecule has 3 heterocycles. The summed E-state index contributed by atoms with van der Waals surface area (Å²) >= 11 is 2.03. The average molecular weight is 347 g/mol. The normalized spacial score (nSPS) is 28.2. The van der Waals surface area contributed by atoms with Gasteiger partial charge in [0.2, 0.25) is 0 Å². The number of hydrogen-bond acceptors (Lipinski definition) is 6. The topological polar surface area (TPSA) is 88.4 Å². The Kier molecular flexibility index (Phi) is 4.89. The van der Waals surface area contributed by atoms with Crippen molar-refractivity contribution in [3.63, 3.8) is 0 Å². The van der Waals surface area contributed by atoms with Gasteiger partial charge in [0.25, 0.3) is 0 Å². The minimum atomic E-state index is -0.0846. The Hall–Kier alpha value is -1.34. The van der Waals surface area contributed by atoms with Crippen LogP contribution in [0.2, 0.25) is 0 Å². The van der Waals surface area contributed by atoms with Crippen LogP contribution in [0.15, 0.2) is 22.4 Å². The highest BCUT2D eigenvalue weighted by molar-refractivity contribution is 8.00. The predicted molar refractivity (Wildman–Crippen MR) is 99.3 cm³/mol. The molecule has 0 aromatic carbocycles. The molecule has 1 aliphatic carbocycles. The van der Waals surface area contributed by atoms with Crippen molar-refractivity contribution in [1.29, 1.82) is 5.53 Å². The third-order valence-electron chi connectivity index (χ3n) is 5.62. The highest BCUT2D eigenvalue weighted by Gasteiger charge is 2.33. The lowest BCUT2D eigenvalue weighted by atomic mass is 9.76. The van der Waals surface area contributed by atoms with Gasteiger partial charge in [0.05, 0.1) is 5.71 Å². The van der Waals surface area contributed by atoms with Crippen LogP contribution in [0.1, 0.15) is 31.2 Å². The summed E-state index contributed by atoms with van der Waals surface area (Å²) in [4.78, 5) is 7.85. The molecule has 3 aliphatic rings. The van der Waals surface area contributed by atoms with Crippen LogP contribution in [0.3, 0.4) is 0 Å². The van der Waals surface area contributed by atoms with Gasteiger partial charge in [0.15, 0.2) is 0 Å². The van der Waals surface area contributed by atoms with Crippen LogP contribution in [0, 0.1) is 17.4 Å². The van der Waals surface area contributed by atoms with Gasteiger partial charge in [-0.2, -0.15) is 16.9 Å². The van der Waals surface area contributed by atoms with E-state index < -0.39 is 0 Å². The molecular weight excluding hydrogens is 320 g/mol. The summed E-state index contributed by atoms with van der Waals surface area (Å²) in [6, 6.07) is 2.71. The maximum atomic E-state index is 7.75. The third-order valence-corrected chi connectivity index (χ3v) is 6.89. The van der Waals surface area contributed by atoms with Gasteiger partial charge in [0.1, 0.15) is 18.5 Å². The summed E-state index contributed by atoms with van der Waals surface area (Å²) in [7, 11) is 0. The molecule has 4 rings (SSSR count). The van der Waals surface area contributed by atoms with Crippen molar-refractivity contribution in [3.8, 4) is 0 Å². The lowest BCUT2D eigenvalue weighted by Gasteiger charge is -2.34. The molecule has 1 saturated heterocycles. The van der Waals surface area contributed by atoms with Crippen LogP contribution in [0.25, 0.3) is 0 Å². The zero-order valence-corrected chi connectivity index (χ0v) is 14.7. The largest absolute Gasteiger partial charge is 0.352 e. The molecule has 1 saturated carbocycles. The fourth-order valence-corrected chi connectivity index (χ4v) is 4.76. The Balaban J connectivity index is 1.35. The second-order valence-electron chi connectivity index (χ2n) is 7.14. The van der Waals surface area contributed by atoms with E-state index in [-0.39, 0.29) is 6.04 Å². The predicted octanol–water partition coefficient (Wildman–Crippen LogP) is 3.10. The number of anilines is 1. The number of nitrogens with zero attached hydrogens (tertiary/aromatic N) is 2. The molecule has 1 atom stereocenters. The van der Waals surface area contributed by atoms with E-state index in [0.717, 1.165) is 48.4 Å². The summed E-state index contributed by atoms with van der Waals surface area (Å²) in [6.45, 7) is 1.74. The quantitative estimate of drug-likeness (QED) is 0.597. The summed E-state index contributed by atoms with van der Waals surface area (Å²) in [5.74, 6) is 4.82. The molecule has 7 heteroatoms. The third kappa shape index (κ3) is 3.24. The number of aliphatic imine (C=N–C) groups is 1. The Labute approximate surface area is 147 Å². The van der Waals surface area contributed by atoms with Crippen LogP contribution in [0.5, 0.6) is 0 Å². The first kappa shape index (κ1) is 16.1. The van der Waals surface area contributed by atoms with Crippen LogP contribution >= 0.6 is 11.8 Å². The van der Waals surface area contributed by atoms with Gasteiger partial charge in [0, 0.05) is 29.3 Å². The Morgan fingerprint density at radius 3 is 2.88 bits per heavy atom. The SMILES string of the molecule is N=NC(C1=NCNc2[nH]ccc21)C1CCC(CNC2CSC2)CC1. The van der Waals surface area contributed by atoms with Gasteiger partial charge in [-0.3, -0.25) is 4.99 Å². The lowest BCUT2D eigenvalue weighted by Crippen LogP contribution is -2.43. The Bertz CT molecular complexity index is 600. The summed E-state index contributed by atoms with van der Waals surface area (Å²) < 4.78 is 0. The molecule has 0 bridgehead atoms. The molecule has 1 aromatic rings. The van der Waals surface area contributed by atoms with E-state index in [4.69, 9.17) is 5.53 Å². The van der Waals surface area contributed by atoms with Crippen LogP contribution in [-0.4, -0.2) is 47.5 Å². The molecule has 2 aliphatic heterocycles. The molecule has 0 spiro atoms. The molecular formula is C17H26N6S. The minimum absolute atomic E-state index is 0.0846. The van der Waals surface area contributed by atoms with E-state index in [1.165, 1.54) is 24.3 Å². The molecule has 2 fully saturated rings. The van der Waals surface area contributed by atoms with Gasteiger partial charge in [-0.1, -0.05) is 0 Å². The van der Waals surface area contributed by atoms with E-state index in [0.29, 0.717) is 12.6 Å². The molecule has 1 unspecified atom stereocenters. The van der Waals surface area contributed by atoms with E-state index in [9.17, 15) is 0 Å². The van der Waals surface area contributed by atoms with Crippen molar-refractivity contribution >= 4 is 23.3 Å². The maximum Gasteiger partial charge on any atom is 0.116 e. The second kappa shape index (κ2) is 7.27. The monoisotopic (exact) mass is 346 g/mol. The summed E-state index contributed by atoms with van der Waals surface area (Å²) in [6.07, 6.45) is 6.74. The number of thioether (sulfide) groups is 1. The first-order chi connectivity index (χ1) is 11.8. The average Bonchev–Trinajstić information content (AvgIpc) is 3.05. The molecule has 6 nitrogen and oxygen atoms in total. The summed E-state index contributed by atoms with van der Waals surface area (Å²) in [5, 5.41) is 10.9. The maximum absolute atomic E-state index is 7.75. The number of H-pyrrole nitrogens is 1. The zero-order valence-electron chi connectivity index (χ0n) is 13.9. The minimum Gasteiger partial charge on any atom is -0.352 e. The Morgan fingerprint density at radius 2 is 2.17 bits per heavy atom. The molecule has 4 N–H and O–H groups in total. The molecule has 0 radical (unpaired) electrons. The van der Waals surface area contributed by atoms with Gasteiger partial charge < -0.3 is 15.6 Å². The lowest BCUT2D eigenvalue weighted by molar-refractivity contribution is 0.252. The van der Waals surface area contributed by atoms with E-state index in [1.807, 2.05) is 24.0 Å². The van der Waals surface area contributed by atoms with Crippen LogP contribution < -0.4 is 10.6 Å². The van der Waals surface area contributed by atoms with Crippen molar-refractivity contribution in [2.75, 3.05) is 30.0 Å². The number of hydrogen-bond donors (Lipinski definition) is 4. The Morgan fingerprint density at radius 1 is 1.33 bits per heavy atom. The molecule has 1 aromatic heterocycles. The number of aromatic amines is 1. The van der Waals surface area contributed by atoms with E-state index >= 15 is 0 Å². The number of nitrogens with one attached hydrogen (secondary N) is 4. The van der Waals surface area contributed by atoms with Crippen molar-refractivity contribution in [2.45, 2.75) is 37.8 Å². The zero-order chi connectivity index (χ0) is 16.4. The highest BCUT2D eigenvalue weighted by Crippen LogP contribution is 2.35. The van der Waals surface area contributed by atoms with E-state index in [1.54, 1.807) is 0 Å². The first-order valence-electron chi connectivity index (χ1n) is 8.99. The van der Waals surface area contributed by atoms with Gasteiger partial charge in [-0.15, -0.1) is 0 Å². The smallest absolute Gasteiger partial charge is 0.116 e.